The van der Waals surface area contributed by atoms with Crippen molar-refractivity contribution in [1.29, 1.82) is 0 Å². The van der Waals surface area contributed by atoms with Crippen LogP contribution in [0.1, 0.15) is 45.0 Å². The van der Waals surface area contributed by atoms with E-state index in [1.807, 2.05) is 4.68 Å². The van der Waals surface area contributed by atoms with Crippen LogP contribution in [0, 0.1) is 6.92 Å². The molecule has 0 spiro atoms. The average Bonchev–Trinajstić information content (AvgIpc) is 2.90. The highest BCUT2D eigenvalue weighted by Crippen LogP contribution is 2.20. The summed E-state index contributed by atoms with van der Waals surface area (Å²) in [6.07, 6.45) is 2.25. The maximum absolute atomic E-state index is 4.19. The lowest BCUT2D eigenvalue weighted by Crippen LogP contribution is -2.31. The Morgan fingerprint density at radius 2 is 1.90 bits per heavy atom. The largest absolute Gasteiger partial charge is 0.361 e. The van der Waals surface area contributed by atoms with Gasteiger partial charge in [-0.05, 0) is 49.8 Å². The second kappa shape index (κ2) is 7.20. The molecule has 5 nitrogen and oxygen atoms in total. The van der Waals surface area contributed by atoms with Crippen LogP contribution in [0.15, 0.2) is 24.3 Å². The summed E-state index contributed by atoms with van der Waals surface area (Å²) in [6, 6.07) is 9.00. The summed E-state index contributed by atoms with van der Waals surface area (Å²) in [6.45, 7) is 10.3. The van der Waals surface area contributed by atoms with Gasteiger partial charge in [-0.1, -0.05) is 31.0 Å². The number of anilines is 1. The summed E-state index contributed by atoms with van der Waals surface area (Å²) in [4.78, 5) is 2.33. The molecule has 0 bridgehead atoms. The van der Waals surface area contributed by atoms with Crippen molar-refractivity contribution in [1.82, 2.24) is 20.2 Å². The smallest absolute Gasteiger partial charge is 0.170 e. The number of rotatable bonds is 7. The van der Waals surface area contributed by atoms with Gasteiger partial charge in [0, 0.05) is 18.3 Å². The number of nitrogens with zero attached hydrogens (tertiary/aromatic N) is 5. The van der Waals surface area contributed by atoms with E-state index in [4.69, 9.17) is 0 Å². The van der Waals surface area contributed by atoms with Crippen LogP contribution >= 0.6 is 0 Å². The van der Waals surface area contributed by atoms with Crippen LogP contribution in [0.25, 0.3) is 0 Å². The van der Waals surface area contributed by atoms with Crippen molar-refractivity contribution >= 4 is 5.69 Å². The van der Waals surface area contributed by atoms with Crippen LogP contribution in [-0.4, -0.2) is 26.2 Å². The summed E-state index contributed by atoms with van der Waals surface area (Å²) in [5.41, 5.74) is 2.48. The molecule has 0 saturated carbocycles. The third-order valence-electron chi connectivity index (χ3n) is 3.63. The Morgan fingerprint density at radius 3 is 2.52 bits per heavy atom. The topological polar surface area (TPSA) is 46.8 Å². The van der Waals surface area contributed by atoms with E-state index in [1.165, 1.54) is 11.3 Å². The first-order chi connectivity index (χ1) is 10.1. The fourth-order valence-electron chi connectivity index (χ4n) is 2.28. The van der Waals surface area contributed by atoms with Gasteiger partial charge in [-0.15, -0.1) is 5.10 Å². The second-order valence-electron chi connectivity index (χ2n) is 5.73. The third-order valence-corrected chi connectivity index (χ3v) is 3.63. The number of aryl methyl sites for hydroxylation is 2. The Morgan fingerprint density at radius 1 is 1.19 bits per heavy atom. The van der Waals surface area contributed by atoms with Crippen molar-refractivity contribution in [3.8, 4) is 0 Å². The van der Waals surface area contributed by atoms with Crippen molar-refractivity contribution in [2.45, 2.75) is 59.7 Å². The Kier molecular flexibility index (Phi) is 5.31. The fraction of sp³-hybridized carbons (Fsp3) is 0.562. The van der Waals surface area contributed by atoms with Crippen molar-refractivity contribution < 1.29 is 0 Å². The molecular weight excluding hydrogens is 262 g/mol. The minimum Gasteiger partial charge on any atom is -0.361 e. The van der Waals surface area contributed by atoms with Crippen molar-refractivity contribution in [2.24, 2.45) is 0 Å². The van der Waals surface area contributed by atoms with Crippen molar-refractivity contribution in [2.75, 3.05) is 4.90 Å². The fourth-order valence-corrected chi connectivity index (χ4v) is 2.28. The Balaban J connectivity index is 2.17. The van der Waals surface area contributed by atoms with Crippen LogP contribution < -0.4 is 4.90 Å². The quantitative estimate of drug-likeness (QED) is 0.784. The van der Waals surface area contributed by atoms with Crippen LogP contribution in [0.5, 0.6) is 0 Å². The zero-order valence-electron chi connectivity index (χ0n) is 13.5. The molecule has 0 saturated heterocycles. The molecule has 2 rings (SSSR count). The van der Waals surface area contributed by atoms with E-state index in [-0.39, 0.29) is 0 Å². The molecule has 0 N–H and O–H groups in total. The van der Waals surface area contributed by atoms with Gasteiger partial charge < -0.3 is 4.90 Å². The molecule has 0 aliphatic rings. The minimum atomic E-state index is 0.393. The standard InChI is InChI=1S/C16H25N5/c1-5-6-11-21-16(17-18-19-21)12-20(13(2)3)15-9-7-14(4)8-10-15/h7-10,13H,5-6,11-12H2,1-4H3. The number of hydrogen-bond donors (Lipinski definition) is 0. The molecule has 21 heavy (non-hydrogen) atoms. The molecule has 5 heteroatoms. The first-order valence-electron chi connectivity index (χ1n) is 7.70. The summed E-state index contributed by atoms with van der Waals surface area (Å²) in [5.74, 6) is 0.928. The molecule has 114 valence electrons. The van der Waals surface area contributed by atoms with E-state index < -0.39 is 0 Å². The molecule has 0 radical (unpaired) electrons. The van der Waals surface area contributed by atoms with E-state index in [9.17, 15) is 0 Å². The first-order valence-corrected chi connectivity index (χ1v) is 7.70. The molecule has 0 aliphatic carbocycles. The molecule has 0 aliphatic heterocycles. The molecule has 2 aromatic rings. The number of aromatic nitrogens is 4. The van der Waals surface area contributed by atoms with Gasteiger partial charge in [0.25, 0.3) is 0 Å². The highest BCUT2D eigenvalue weighted by molar-refractivity contribution is 5.48. The normalized spacial score (nSPS) is 11.1. The van der Waals surface area contributed by atoms with E-state index in [0.29, 0.717) is 6.04 Å². The molecule has 0 fully saturated rings. The predicted molar refractivity (Wildman–Crippen MR) is 85.2 cm³/mol. The highest BCUT2D eigenvalue weighted by Gasteiger charge is 2.15. The average molecular weight is 287 g/mol. The number of benzene rings is 1. The van der Waals surface area contributed by atoms with Crippen LogP contribution in [0.4, 0.5) is 5.69 Å². The zero-order chi connectivity index (χ0) is 15.2. The van der Waals surface area contributed by atoms with Crippen molar-refractivity contribution in [3.63, 3.8) is 0 Å². The minimum absolute atomic E-state index is 0.393. The van der Waals surface area contributed by atoms with Gasteiger partial charge in [0.1, 0.15) is 0 Å². The SMILES string of the molecule is CCCCn1nnnc1CN(c1ccc(C)cc1)C(C)C. The van der Waals surface area contributed by atoms with Gasteiger partial charge in [0.15, 0.2) is 5.82 Å². The van der Waals surface area contributed by atoms with E-state index >= 15 is 0 Å². The number of hydrogen-bond acceptors (Lipinski definition) is 4. The monoisotopic (exact) mass is 287 g/mol. The maximum atomic E-state index is 4.19. The van der Waals surface area contributed by atoms with E-state index in [0.717, 1.165) is 31.8 Å². The zero-order valence-corrected chi connectivity index (χ0v) is 13.5. The van der Waals surface area contributed by atoms with Gasteiger partial charge >= 0.3 is 0 Å². The molecule has 1 aromatic carbocycles. The van der Waals surface area contributed by atoms with Crippen LogP contribution in [0.2, 0.25) is 0 Å². The van der Waals surface area contributed by atoms with Crippen LogP contribution in [0.3, 0.4) is 0 Å². The predicted octanol–water partition coefficient (Wildman–Crippen LogP) is 3.20. The maximum Gasteiger partial charge on any atom is 0.170 e. The first kappa shape index (κ1) is 15.5. The number of tetrazole rings is 1. The summed E-state index contributed by atoms with van der Waals surface area (Å²) < 4.78 is 1.92. The second-order valence-corrected chi connectivity index (χ2v) is 5.73. The Bertz CT molecular complexity index is 544. The summed E-state index contributed by atoms with van der Waals surface area (Å²) >= 11 is 0. The molecule has 0 atom stereocenters. The van der Waals surface area contributed by atoms with Gasteiger partial charge in [-0.2, -0.15) is 0 Å². The summed E-state index contributed by atoms with van der Waals surface area (Å²) in [5, 5.41) is 12.1. The van der Waals surface area contributed by atoms with Gasteiger partial charge in [0.2, 0.25) is 0 Å². The Hall–Kier alpha value is -1.91. The van der Waals surface area contributed by atoms with Gasteiger partial charge in [-0.3, -0.25) is 0 Å². The lowest BCUT2D eigenvalue weighted by atomic mass is 10.2. The molecule has 0 amide bonds. The summed E-state index contributed by atoms with van der Waals surface area (Å²) in [7, 11) is 0. The van der Waals surface area contributed by atoms with Gasteiger partial charge in [-0.25, -0.2) is 4.68 Å². The third kappa shape index (κ3) is 4.03. The number of unbranched alkanes of at least 4 members (excludes halogenated alkanes) is 1. The Labute approximate surface area is 127 Å². The van der Waals surface area contributed by atoms with Crippen molar-refractivity contribution in [3.05, 3.63) is 35.7 Å². The molecule has 0 unspecified atom stereocenters. The molecule has 1 heterocycles. The van der Waals surface area contributed by atoms with Gasteiger partial charge in [0.05, 0.1) is 6.54 Å². The highest BCUT2D eigenvalue weighted by atomic mass is 15.5. The molecule has 1 aromatic heterocycles. The lowest BCUT2D eigenvalue weighted by Gasteiger charge is -2.28. The van der Waals surface area contributed by atoms with E-state index in [2.05, 4.69) is 72.4 Å². The lowest BCUT2D eigenvalue weighted by molar-refractivity contribution is 0.522. The van der Waals surface area contributed by atoms with Crippen LogP contribution in [-0.2, 0) is 13.1 Å². The van der Waals surface area contributed by atoms with E-state index in [1.54, 1.807) is 0 Å². The molecular formula is C16H25N5.